The molecule has 1 saturated carbocycles. The summed E-state index contributed by atoms with van der Waals surface area (Å²) in [6.45, 7) is -0.632. The molecule has 7 atom stereocenters. The fourth-order valence-electron chi connectivity index (χ4n) is 5.61. The zero-order valence-electron chi connectivity index (χ0n) is 22.3. The van der Waals surface area contributed by atoms with Crippen molar-refractivity contribution >= 4 is 29.0 Å². The highest BCUT2D eigenvalue weighted by Gasteiger charge is 2.51. The number of ether oxygens (including phenoxy) is 2. The first kappa shape index (κ1) is 30.8. The third kappa shape index (κ3) is 5.91. The molecule has 0 bridgehead atoms. The first-order chi connectivity index (χ1) is 20.1. The summed E-state index contributed by atoms with van der Waals surface area (Å²) in [6, 6.07) is -0.218. The summed E-state index contributed by atoms with van der Waals surface area (Å²) in [4.78, 5) is 16.3. The molecule has 16 heteroatoms. The number of aromatic nitrogens is 4. The van der Waals surface area contributed by atoms with Gasteiger partial charge >= 0.3 is 0 Å². The number of aliphatic hydroxyl groups is 3. The molecule has 11 nitrogen and oxygen atoms in total. The van der Waals surface area contributed by atoms with E-state index in [0.717, 1.165) is 41.2 Å². The van der Waals surface area contributed by atoms with E-state index >= 15 is 0 Å². The average Bonchev–Trinajstić information content (AvgIpc) is 3.63. The zero-order valence-corrected chi connectivity index (χ0v) is 23.9. The van der Waals surface area contributed by atoms with Gasteiger partial charge in [0, 0.05) is 12.7 Å². The molecule has 1 saturated heterocycles. The number of nitrogens with zero attached hydrogens (tertiary/aromatic N) is 5. The van der Waals surface area contributed by atoms with E-state index in [-0.39, 0.29) is 17.8 Å². The predicted octanol–water partition coefficient (Wildman–Crippen LogP) is 2.48. The molecule has 228 valence electrons. The molecule has 1 amide bonds. The maximum atomic E-state index is 14.3. The lowest BCUT2D eigenvalue weighted by Gasteiger charge is -2.46. The second-order valence-electron chi connectivity index (χ2n) is 10.3. The molecule has 2 fully saturated rings. The van der Waals surface area contributed by atoms with Crippen LogP contribution in [-0.2, 0) is 20.8 Å². The lowest BCUT2D eigenvalue weighted by molar-refractivity contribution is -0.219. The normalized spacial score (nSPS) is 28.1. The number of benzene rings is 1. The Kier molecular flexibility index (Phi) is 9.47. The SMILES string of the molecule is COC1C(C(=O)N(Cc2sncc2Cl)[C@H]2CCCC[C@@H]2O)OC(CO)C(O)C1n1cc(-c2cc(F)c(F)c(F)c2)nn1. The summed E-state index contributed by atoms with van der Waals surface area (Å²) in [5, 5.41) is 40.3. The fourth-order valence-corrected chi connectivity index (χ4v) is 6.50. The van der Waals surface area contributed by atoms with Crippen molar-refractivity contribution in [1.29, 1.82) is 0 Å². The van der Waals surface area contributed by atoms with Gasteiger partial charge in [-0.2, -0.15) is 4.37 Å². The van der Waals surface area contributed by atoms with Gasteiger partial charge in [0.05, 0.1) is 47.6 Å². The standard InChI is InChI=1S/C26H29ClF3N5O6S/c1-40-24-22(35-9-16(32-33-35)12-6-14(28)21(30)15(29)7-12)23(38)19(11-36)41-25(24)26(39)34(10-20-13(27)8-31-42-20)17-4-2-3-5-18(17)37/h6-9,17-19,22-25,36-38H,2-5,10-11H2,1H3/t17-,18-,19?,22?,23?,24?,25?/m0/s1. The van der Waals surface area contributed by atoms with Gasteiger partial charge in [-0.05, 0) is 36.5 Å². The largest absolute Gasteiger partial charge is 0.394 e. The maximum Gasteiger partial charge on any atom is 0.255 e. The van der Waals surface area contributed by atoms with Gasteiger partial charge in [-0.25, -0.2) is 17.9 Å². The molecule has 5 unspecified atom stereocenters. The Labute approximate surface area is 247 Å². The molecule has 1 aromatic carbocycles. The van der Waals surface area contributed by atoms with Gasteiger partial charge in [0.1, 0.15) is 30.0 Å². The Balaban J connectivity index is 1.50. The van der Waals surface area contributed by atoms with Crippen molar-refractivity contribution in [3.63, 3.8) is 0 Å². The van der Waals surface area contributed by atoms with Crippen LogP contribution in [0.3, 0.4) is 0 Å². The van der Waals surface area contributed by atoms with Crippen LogP contribution in [0.5, 0.6) is 0 Å². The zero-order chi connectivity index (χ0) is 30.1. The smallest absolute Gasteiger partial charge is 0.255 e. The number of amides is 1. The predicted molar refractivity (Wildman–Crippen MR) is 143 cm³/mol. The quantitative estimate of drug-likeness (QED) is 0.320. The molecule has 42 heavy (non-hydrogen) atoms. The van der Waals surface area contributed by atoms with Crippen molar-refractivity contribution in [3.05, 3.63) is 51.9 Å². The van der Waals surface area contributed by atoms with E-state index in [2.05, 4.69) is 14.7 Å². The van der Waals surface area contributed by atoms with E-state index in [1.807, 2.05) is 0 Å². The molecule has 1 aliphatic heterocycles. The number of methoxy groups -OCH3 is 1. The average molecular weight is 632 g/mol. The highest BCUT2D eigenvalue weighted by atomic mass is 35.5. The van der Waals surface area contributed by atoms with E-state index in [4.69, 9.17) is 21.1 Å². The van der Waals surface area contributed by atoms with Gasteiger partial charge < -0.3 is 29.7 Å². The Bertz CT molecular complexity index is 1390. The van der Waals surface area contributed by atoms with E-state index in [1.54, 1.807) is 0 Å². The summed E-state index contributed by atoms with van der Waals surface area (Å²) in [5.74, 6) is -5.05. The summed E-state index contributed by atoms with van der Waals surface area (Å²) in [5.41, 5.74) is -0.157. The van der Waals surface area contributed by atoms with Crippen LogP contribution in [0.25, 0.3) is 11.3 Å². The molecule has 3 aromatic rings. The number of carbonyl (C=O) groups excluding carboxylic acids is 1. The summed E-state index contributed by atoms with van der Waals surface area (Å²) in [7, 11) is 1.30. The third-order valence-electron chi connectivity index (χ3n) is 7.76. The summed E-state index contributed by atoms with van der Waals surface area (Å²) >= 11 is 7.40. The lowest BCUT2D eigenvalue weighted by atomic mass is 9.88. The summed E-state index contributed by atoms with van der Waals surface area (Å²) < 4.78 is 58.1. The van der Waals surface area contributed by atoms with E-state index in [1.165, 1.54) is 24.4 Å². The molecular formula is C26H29ClF3N5O6S. The van der Waals surface area contributed by atoms with Crippen LogP contribution in [0.4, 0.5) is 13.2 Å². The second kappa shape index (κ2) is 12.9. The molecule has 5 rings (SSSR count). The number of hydrogen-bond acceptors (Lipinski definition) is 10. The van der Waals surface area contributed by atoms with E-state index < -0.39 is 72.6 Å². The van der Waals surface area contributed by atoms with Gasteiger partial charge in [0.2, 0.25) is 0 Å². The van der Waals surface area contributed by atoms with Gasteiger partial charge in [0.15, 0.2) is 23.6 Å². The molecule has 0 spiro atoms. The Morgan fingerprint density at radius 1 is 1.24 bits per heavy atom. The maximum absolute atomic E-state index is 14.3. The minimum absolute atomic E-state index is 0.0343. The number of halogens is 4. The Hall–Kier alpha value is -2.66. The van der Waals surface area contributed by atoms with Crippen molar-refractivity contribution in [1.82, 2.24) is 24.3 Å². The van der Waals surface area contributed by atoms with Crippen LogP contribution in [0.15, 0.2) is 24.5 Å². The third-order valence-corrected chi connectivity index (χ3v) is 8.98. The number of rotatable bonds is 8. The molecule has 0 radical (unpaired) electrons. The molecule has 2 aromatic heterocycles. The second-order valence-corrected chi connectivity index (χ2v) is 11.6. The van der Waals surface area contributed by atoms with Gasteiger partial charge in [-0.1, -0.05) is 29.7 Å². The number of hydrogen-bond donors (Lipinski definition) is 3. The van der Waals surface area contributed by atoms with Crippen LogP contribution in [-0.4, -0.2) is 95.8 Å². The monoisotopic (exact) mass is 631 g/mol. The van der Waals surface area contributed by atoms with Crippen molar-refractivity contribution in [3.8, 4) is 11.3 Å². The van der Waals surface area contributed by atoms with Crippen molar-refractivity contribution < 1.29 is 42.8 Å². The summed E-state index contributed by atoms with van der Waals surface area (Å²) in [6.07, 6.45) is -0.743. The highest BCUT2D eigenvalue weighted by molar-refractivity contribution is 7.06. The Morgan fingerprint density at radius 2 is 1.95 bits per heavy atom. The topological polar surface area (TPSA) is 143 Å². The molecular weight excluding hydrogens is 603 g/mol. The van der Waals surface area contributed by atoms with Crippen LogP contribution >= 0.6 is 23.1 Å². The van der Waals surface area contributed by atoms with Crippen LogP contribution in [0, 0.1) is 17.5 Å². The van der Waals surface area contributed by atoms with Crippen molar-refractivity contribution in [2.45, 2.75) is 74.8 Å². The number of carbonyl (C=O) groups is 1. The number of aliphatic hydroxyl groups excluding tert-OH is 3. The van der Waals surface area contributed by atoms with Gasteiger partial charge in [-0.15, -0.1) is 5.10 Å². The minimum atomic E-state index is -1.63. The van der Waals surface area contributed by atoms with Crippen LogP contribution < -0.4 is 0 Å². The fraction of sp³-hybridized carbons (Fsp3) is 0.538. The highest BCUT2D eigenvalue weighted by Crippen LogP contribution is 2.36. The molecule has 2 aliphatic rings. The van der Waals surface area contributed by atoms with Crippen LogP contribution in [0.2, 0.25) is 5.02 Å². The molecule has 1 aliphatic carbocycles. The Morgan fingerprint density at radius 3 is 2.57 bits per heavy atom. The van der Waals surface area contributed by atoms with Gasteiger partial charge in [0.25, 0.3) is 5.91 Å². The minimum Gasteiger partial charge on any atom is -0.394 e. The first-order valence-electron chi connectivity index (χ1n) is 13.3. The lowest BCUT2D eigenvalue weighted by Crippen LogP contribution is -2.62. The molecule has 3 N–H and O–H groups in total. The van der Waals surface area contributed by atoms with E-state index in [0.29, 0.717) is 22.7 Å². The first-order valence-corrected chi connectivity index (χ1v) is 14.4. The van der Waals surface area contributed by atoms with E-state index in [9.17, 15) is 33.3 Å². The van der Waals surface area contributed by atoms with Crippen LogP contribution in [0.1, 0.15) is 36.6 Å². The molecule has 3 heterocycles. The van der Waals surface area contributed by atoms with Gasteiger partial charge in [-0.3, -0.25) is 4.79 Å². The van der Waals surface area contributed by atoms with Crippen molar-refractivity contribution in [2.75, 3.05) is 13.7 Å². The van der Waals surface area contributed by atoms with Crippen molar-refractivity contribution in [2.24, 2.45) is 0 Å².